The van der Waals surface area contributed by atoms with Crippen LogP contribution in [0.3, 0.4) is 0 Å². The topological polar surface area (TPSA) is 267 Å². The van der Waals surface area contributed by atoms with Crippen LogP contribution in [-0.2, 0) is 24.0 Å². The number of carboxylic acids is 4. The fraction of sp³-hybridized carbons (Fsp3) is 0.936. The molecular formula is C78H156O14. The highest BCUT2D eigenvalue weighted by molar-refractivity contribution is 5.67. The Labute approximate surface area is 567 Å². The quantitative estimate of drug-likeness (QED) is 0.0203. The second-order valence-electron chi connectivity index (χ2n) is 26.7. The van der Waals surface area contributed by atoms with Crippen molar-refractivity contribution in [3.05, 3.63) is 0 Å². The molecule has 4 atom stereocenters. The van der Waals surface area contributed by atoms with Crippen LogP contribution >= 0.6 is 0 Å². The van der Waals surface area contributed by atoms with Crippen LogP contribution in [-0.4, -0.2) is 107 Å². The van der Waals surface area contributed by atoms with Crippen molar-refractivity contribution in [2.45, 2.75) is 463 Å². The van der Waals surface area contributed by atoms with Crippen molar-refractivity contribution in [3.8, 4) is 0 Å². The predicted octanol–water partition coefficient (Wildman–Crippen LogP) is 22.0. The molecule has 0 fully saturated rings. The lowest BCUT2D eigenvalue weighted by molar-refractivity contribution is -0.138. The van der Waals surface area contributed by atoms with E-state index in [1.54, 1.807) is 0 Å². The van der Waals surface area contributed by atoms with Gasteiger partial charge in [0.05, 0.1) is 6.61 Å². The Morgan fingerprint density at radius 2 is 0.370 bits per heavy atom. The summed E-state index contributed by atoms with van der Waals surface area (Å²) in [5, 5.41) is 77.6. The molecule has 0 amide bonds. The highest BCUT2D eigenvalue weighted by Crippen LogP contribution is 2.18. The van der Waals surface area contributed by atoms with Crippen LogP contribution in [0.2, 0.25) is 0 Å². The van der Waals surface area contributed by atoms with Crippen molar-refractivity contribution in [1.29, 1.82) is 0 Å². The number of rotatable bonds is 69. The average Bonchev–Trinajstić information content (AvgIpc) is 3.04. The predicted molar refractivity (Wildman–Crippen MR) is 386 cm³/mol. The molecule has 0 rings (SSSR count). The van der Waals surface area contributed by atoms with Gasteiger partial charge in [-0.15, -0.1) is 0 Å². The number of aliphatic hydroxyl groups excluding tert-OH is 5. The Morgan fingerprint density at radius 1 is 0.239 bits per heavy atom. The molecule has 0 unspecified atom stereocenters. The van der Waals surface area contributed by atoms with Crippen molar-refractivity contribution >= 4 is 30.2 Å². The molecule has 9 N–H and O–H groups in total. The van der Waals surface area contributed by atoms with Crippen LogP contribution in [0.15, 0.2) is 0 Å². The third-order valence-electron chi connectivity index (χ3n) is 17.4. The highest BCUT2D eigenvalue weighted by Gasteiger charge is 2.29. The Morgan fingerprint density at radius 3 is 0.478 bits per heavy atom. The summed E-state index contributed by atoms with van der Waals surface area (Å²) in [6, 6.07) is 0. The van der Waals surface area contributed by atoms with Gasteiger partial charge >= 0.3 is 23.9 Å². The Bertz CT molecular complexity index is 1260. The lowest BCUT2D eigenvalue weighted by atomic mass is 10.0. The van der Waals surface area contributed by atoms with Crippen molar-refractivity contribution in [2.75, 3.05) is 6.61 Å². The zero-order valence-electron chi connectivity index (χ0n) is 60.9. The Kier molecular flexibility index (Phi) is 94.1. The summed E-state index contributed by atoms with van der Waals surface area (Å²) >= 11 is 0. The molecule has 0 aromatic rings. The second-order valence-corrected chi connectivity index (χ2v) is 26.7. The fourth-order valence-electron chi connectivity index (χ4n) is 11.2. The van der Waals surface area contributed by atoms with Crippen LogP contribution < -0.4 is 0 Å². The number of hydrogen-bond acceptors (Lipinski definition) is 10. The molecule has 0 aliphatic rings. The maximum atomic E-state index is 10.3. The number of unbranched alkanes of at least 4 members (excludes halogenated alkanes) is 56. The number of carboxylic acid groups (broad SMARTS) is 4. The van der Waals surface area contributed by atoms with Gasteiger partial charge in [0.25, 0.3) is 0 Å². The van der Waals surface area contributed by atoms with E-state index in [0.717, 1.165) is 51.4 Å². The molecule has 14 heteroatoms. The minimum atomic E-state index is -1.79. The lowest BCUT2D eigenvalue weighted by Crippen LogP contribution is -2.46. The maximum Gasteiger partial charge on any atom is 0.303 e. The van der Waals surface area contributed by atoms with E-state index in [4.69, 9.17) is 46.0 Å². The van der Waals surface area contributed by atoms with E-state index < -0.39 is 54.9 Å². The van der Waals surface area contributed by atoms with Crippen molar-refractivity contribution in [2.24, 2.45) is 0 Å². The summed E-state index contributed by atoms with van der Waals surface area (Å²) in [4.78, 5) is 51.2. The van der Waals surface area contributed by atoms with Crippen LogP contribution in [0.4, 0.5) is 0 Å². The van der Waals surface area contributed by atoms with Gasteiger partial charge in [0.1, 0.15) is 24.4 Å². The number of carbonyl (C=O) groups excluding carboxylic acids is 1. The van der Waals surface area contributed by atoms with Gasteiger partial charge in [0, 0.05) is 25.7 Å². The molecule has 0 spiro atoms. The van der Waals surface area contributed by atoms with Crippen LogP contribution in [0.1, 0.15) is 439 Å². The van der Waals surface area contributed by atoms with E-state index >= 15 is 0 Å². The summed E-state index contributed by atoms with van der Waals surface area (Å²) in [6.45, 7) is 8.32. The largest absolute Gasteiger partial charge is 0.481 e. The first-order valence-electron chi connectivity index (χ1n) is 39.3. The van der Waals surface area contributed by atoms with Gasteiger partial charge in [-0.2, -0.15) is 0 Å². The van der Waals surface area contributed by atoms with Gasteiger partial charge in [-0.25, -0.2) is 0 Å². The van der Waals surface area contributed by atoms with E-state index in [0.29, 0.717) is 25.7 Å². The van der Waals surface area contributed by atoms with Gasteiger partial charge < -0.3 is 50.8 Å². The van der Waals surface area contributed by atoms with Gasteiger partial charge in [0.2, 0.25) is 0 Å². The summed E-state index contributed by atoms with van der Waals surface area (Å²) in [5.41, 5.74) is 0. The first-order valence-corrected chi connectivity index (χ1v) is 39.3. The van der Waals surface area contributed by atoms with Crippen molar-refractivity contribution < 1.29 is 69.9 Å². The first-order chi connectivity index (χ1) is 44.6. The van der Waals surface area contributed by atoms with E-state index in [1.807, 2.05) is 0 Å². The number of aldehydes is 1. The van der Waals surface area contributed by atoms with E-state index in [1.165, 1.54) is 334 Å². The molecule has 0 aliphatic heterocycles. The molecule has 92 heavy (non-hydrogen) atoms. The second kappa shape index (κ2) is 88.3. The van der Waals surface area contributed by atoms with Crippen molar-refractivity contribution in [1.82, 2.24) is 0 Å². The molecule has 14 nitrogen and oxygen atoms in total. The normalized spacial score (nSPS) is 12.2. The van der Waals surface area contributed by atoms with E-state index in [-0.39, 0.29) is 6.29 Å². The standard InChI is InChI=1S/4C18H36O2.C6H12O6/c4*1-2-3-4-5-6-7-8-9-10-11-12-13-14-15-16-17-18(19)20;7-1-3(9)5(11)6(12)4(10)2-8/h4*2-17H2,1H3,(H,19,20);1,3-6,8-12H,2H2/t;;;;3-,4+,5+,6+/m....0/s1. The summed E-state index contributed by atoms with van der Waals surface area (Å²) in [7, 11) is 0. The SMILES string of the molecule is CCCCCCCCCCCCCCCCCC(=O)O.CCCCCCCCCCCCCCCCCC(=O)O.CCCCCCCCCCCCCCCCCC(=O)O.CCCCCCCCCCCCCCCCCC(=O)O.O=C[C@H](O)[C@@H](O)[C@H](O)[C@H](O)CO. The molecule has 0 aromatic heterocycles. The zero-order chi connectivity index (χ0) is 69.3. The number of hydrogen-bond donors (Lipinski definition) is 9. The molecule has 552 valence electrons. The van der Waals surface area contributed by atoms with Crippen LogP contribution in [0.5, 0.6) is 0 Å². The van der Waals surface area contributed by atoms with Gasteiger partial charge in [0.15, 0.2) is 6.29 Å². The molecule has 0 saturated heterocycles. The summed E-state index contributed by atoms with van der Waals surface area (Å²) in [6.07, 6.45) is 74.0. The summed E-state index contributed by atoms with van der Waals surface area (Å²) < 4.78 is 0. The first kappa shape index (κ1) is 98.0. The minimum Gasteiger partial charge on any atom is -0.481 e. The molecule has 0 bridgehead atoms. The van der Waals surface area contributed by atoms with Gasteiger partial charge in [-0.05, 0) is 25.7 Å². The molecular weight excluding hydrogens is 1160 g/mol. The fourth-order valence-corrected chi connectivity index (χ4v) is 11.2. The van der Waals surface area contributed by atoms with E-state index in [9.17, 15) is 24.0 Å². The molecule has 0 aliphatic carbocycles. The Balaban J connectivity index is -0.000000346. The number of aliphatic hydroxyl groups is 5. The average molecular weight is 1320 g/mol. The number of carbonyl (C=O) groups is 5. The monoisotopic (exact) mass is 1320 g/mol. The van der Waals surface area contributed by atoms with Gasteiger partial charge in [-0.3, -0.25) is 19.2 Å². The number of aliphatic carboxylic acids is 4. The highest BCUT2D eigenvalue weighted by atomic mass is 16.4. The van der Waals surface area contributed by atoms with Crippen molar-refractivity contribution in [3.63, 3.8) is 0 Å². The van der Waals surface area contributed by atoms with Crippen LogP contribution in [0.25, 0.3) is 0 Å². The maximum absolute atomic E-state index is 10.3. The molecule has 0 saturated carbocycles. The van der Waals surface area contributed by atoms with Gasteiger partial charge in [-0.1, -0.05) is 387 Å². The lowest BCUT2D eigenvalue weighted by Gasteiger charge is -2.22. The molecule has 0 heterocycles. The zero-order valence-corrected chi connectivity index (χ0v) is 60.9. The third kappa shape index (κ3) is 98.4. The molecule has 0 aromatic carbocycles. The van der Waals surface area contributed by atoms with Crippen LogP contribution in [0, 0.1) is 0 Å². The Hall–Kier alpha value is -2.65. The third-order valence-corrected chi connectivity index (χ3v) is 17.4. The van der Waals surface area contributed by atoms with E-state index in [2.05, 4.69) is 27.7 Å². The minimum absolute atomic E-state index is 0.0258. The smallest absolute Gasteiger partial charge is 0.303 e. The molecule has 0 radical (unpaired) electrons. The summed E-state index contributed by atoms with van der Waals surface area (Å²) in [5.74, 6) is -2.61.